The average Bonchev–Trinajstić information content (AvgIpc) is 2.72. The van der Waals surface area contributed by atoms with Crippen LogP contribution in [0.4, 0.5) is 5.69 Å². The number of hydrogen-bond acceptors (Lipinski definition) is 4. The topological polar surface area (TPSA) is 68.0 Å². The van der Waals surface area contributed by atoms with Crippen LogP contribution in [-0.2, 0) is 0 Å². The van der Waals surface area contributed by atoms with E-state index < -0.39 is 0 Å². The van der Waals surface area contributed by atoms with Crippen molar-refractivity contribution >= 4 is 33.0 Å². The largest absolute Gasteiger partial charge is 0.397 e. The zero-order valence-corrected chi connectivity index (χ0v) is 13.2. The third kappa shape index (κ3) is 2.77. The van der Waals surface area contributed by atoms with Gasteiger partial charge in [0.15, 0.2) is 0 Å². The Bertz CT molecular complexity index is 648. The van der Waals surface area contributed by atoms with Crippen molar-refractivity contribution in [3.8, 4) is 0 Å². The zero-order chi connectivity index (χ0) is 14.9. The number of thiophene rings is 1. The highest BCUT2D eigenvalue weighted by Crippen LogP contribution is 2.35. The summed E-state index contributed by atoms with van der Waals surface area (Å²) in [5, 5.41) is 3.87. The minimum absolute atomic E-state index is 0.0824. The first-order valence-electron chi connectivity index (χ1n) is 6.88. The van der Waals surface area contributed by atoms with Crippen molar-refractivity contribution in [1.29, 1.82) is 0 Å². The fourth-order valence-corrected chi connectivity index (χ4v) is 3.33. The van der Waals surface area contributed by atoms with Gasteiger partial charge < -0.3 is 11.1 Å². The van der Waals surface area contributed by atoms with Crippen LogP contribution in [0.25, 0.3) is 10.1 Å². The van der Waals surface area contributed by atoms with Crippen LogP contribution in [0, 0.1) is 19.8 Å². The normalized spacial score (nSPS) is 12.6. The van der Waals surface area contributed by atoms with Gasteiger partial charge in [0.05, 0.1) is 5.69 Å². The maximum Gasteiger partial charge on any atom is 0.263 e. The van der Waals surface area contributed by atoms with Gasteiger partial charge in [0.1, 0.15) is 4.88 Å². The quantitative estimate of drug-likeness (QED) is 0.908. The van der Waals surface area contributed by atoms with Crippen LogP contribution in [0.3, 0.4) is 0 Å². The number of carbonyl (C=O) groups is 1. The Morgan fingerprint density at radius 1 is 1.50 bits per heavy atom. The van der Waals surface area contributed by atoms with E-state index in [4.69, 9.17) is 5.73 Å². The summed E-state index contributed by atoms with van der Waals surface area (Å²) in [7, 11) is 0. The maximum atomic E-state index is 12.3. The third-order valence-electron chi connectivity index (χ3n) is 3.53. The molecule has 1 atom stereocenters. The molecule has 0 spiro atoms. The van der Waals surface area contributed by atoms with Crippen molar-refractivity contribution in [1.82, 2.24) is 10.3 Å². The molecule has 1 unspecified atom stereocenters. The number of amides is 1. The molecule has 0 aliphatic heterocycles. The van der Waals surface area contributed by atoms with Crippen LogP contribution >= 0.6 is 11.3 Å². The van der Waals surface area contributed by atoms with Gasteiger partial charge in [-0.25, -0.2) is 0 Å². The van der Waals surface area contributed by atoms with Crippen LogP contribution in [0.1, 0.15) is 41.3 Å². The predicted molar refractivity (Wildman–Crippen MR) is 85.3 cm³/mol. The van der Waals surface area contributed by atoms with Gasteiger partial charge in [0.2, 0.25) is 0 Å². The van der Waals surface area contributed by atoms with Gasteiger partial charge >= 0.3 is 0 Å². The number of fused-ring (bicyclic) bond motifs is 1. The first-order valence-corrected chi connectivity index (χ1v) is 7.70. The Morgan fingerprint density at radius 3 is 2.85 bits per heavy atom. The number of aryl methyl sites for hydroxylation is 2. The Hall–Kier alpha value is -1.62. The third-order valence-corrected chi connectivity index (χ3v) is 4.68. The highest BCUT2D eigenvalue weighted by molar-refractivity contribution is 7.21. The lowest BCUT2D eigenvalue weighted by molar-refractivity contribution is 0.0953. The number of aromatic nitrogens is 1. The SMILES string of the molecule is CCC(C)CNC(=O)c1sc2cc(C)nc(C)c2c1N. The summed E-state index contributed by atoms with van der Waals surface area (Å²) in [5.74, 6) is 0.390. The standard InChI is InChI=1S/C15H21N3OS/c1-5-8(2)7-17-15(19)14-13(16)12-10(4)18-9(3)6-11(12)20-14/h6,8H,5,7,16H2,1-4H3,(H,17,19). The molecule has 0 aliphatic rings. The lowest BCUT2D eigenvalue weighted by atomic mass is 10.1. The Labute approximate surface area is 123 Å². The fourth-order valence-electron chi connectivity index (χ4n) is 2.14. The summed E-state index contributed by atoms with van der Waals surface area (Å²) in [4.78, 5) is 17.3. The molecule has 0 aliphatic carbocycles. The number of anilines is 1. The number of nitrogen functional groups attached to an aromatic ring is 1. The van der Waals surface area contributed by atoms with Gasteiger partial charge in [-0.1, -0.05) is 20.3 Å². The number of pyridine rings is 1. The van der Waals surface area contributed by atoms with Crippen LogP contribution in [0.5, 0.6) is 0 Å². The van der Waals surface area contributed by atoms with E-state index in [0.717, 1.165) is 27.9 Å². The van der Waals surface area contributed by atoms with E-state index in [0.29, 0.717) is 23.0 Å². The Balaban J connectivity index is 2.33. The number of nitrogens with zero attached hydrogens (tertiary/aromatic N) is 1. The molecular weight excluding hydrogens is 270 g/mol. The first-order chi connectivity index (χ1) is 9.43. The molecule has 0 aromatic carbocycles. The van der Waals surface area contributed by atoms with Crippen LogP contribution in [-0.4, -0.2) is 17.4 Å². The van der Waals surface area contributed by atoms with Gasteiger partial charge in [-0.3, -0.25) is 9.78 Å². The van der Waals surface area contributed by atoms with Crippen molar-refractivity contribution in [3.63, 3.8) is 0 Å². The second kappa shape index (κ2) is 5.79. The van der Waals surface area contributed by atoms with E-state index in [1.807, 2.05) is 19.9 Å². The predicted octanol–water partition coefficient (Wildman–Crippen LogP) is 3.27. The fraction of sp³-hybridized carbons (Fsp3) is 0.467. The van der Waals surface area contributed by atoms with Crippen molar-refractivity contribution < 1.29 is 4.79 Å². The van der Waals surface area contributed by atoms with Gasteiger partial charge in [0.25, 0.3) is 5.91 Å². The number of hydrogen-bond donors (Lipinski definition) is 2. The monoisotopic (exact) mass is 291 g/mol. The van der Waals surface area contributed by atoms with Crippen LogP contribution in [0.2, 0.25) is 0 Å². The zero-order valence-electron chi connectivity index (χ0n) is 12.4. The Kier molecular flexibility index (Phi) is 4.28. The van der Waals surface area contributed by atoms with Gasteiger partial charge in [-0.05, 0) is 25.8 Å². The van der Waals surface area contributed by atoms with Crippen molar-refractivity contribution in [2.75, 3.05) is 12.3 Å². The molecule has 0 radical (unpaired) electrons. The highest BCUT2D eigenvalue weighted by atomic mass is 32.1. The molecule has 1 amide bonds. The Morgan fingerprint density at radius 2 is 2.20 bits per heavy atom. The summed E-state index contributed by atoms with van der Waals surface area (Å²) in [6.45, 7) is 8.79. The molecule has 2 heterocycles. The van der Waals surface area contributed by atoms with E-state index in [1.165, 1.54) is 11.3 Å². The molecule has 108 valence electrons. The molecule has 20 heavy (non-hydrogen) atoms. The molecule has 2 aromatic heterocycles. The van der Waals surface area contributed by atoms with Crippen molar-refractivity contribution in [3.05, 3.63) is 22.3 Å². The molecule has 2 rings (SSSR count). The molecule has 0 saturated heterocycles. The summed E-state index contributed by atoms with van der Waals surface area (Å²) in [6.07, 6.45) is 1.05. The van der Waals surface area contributed by atoms with Gasteiger partial charge in [-0.2, -0.15) is 0 Å². The molecule has 3 N–H and O–H groups in total. The lowest BCUT2D eigenvalue weighted by Crippen LogP contribution is -2.27. The first kappa shape index (κ1) is 14.8. The summed E-state index contributed by atoms with van der Waals surface area (Å²) < 4.78 is 1.03. The molecule has 4 nitrogen and oxygen atoms in total. The van der Waals surface area contributed by atoms with E-state index in [2.05, 4.69) is 24.1 Å². The summed E-state index contributed by atoms with van der Waals surface area (Å²) in [6, 6.07) is 1.98. The second-order valence-electron chi connectivity index (χ2n) is 5.29. The number of carbonyl (C=O) groups excluding carboxylic acids is 1. The van der Waals surface area contributed by atoms with Crippen LogP contribution < -0.4 is 11.1 Å². The maximum absolute atomic E-state index is 12.3. The molecule has 0 fully saturated rings. The van der Waals surface area contributed by atoms with Gasteiger partial charge in [-0.15, -0.1) is 11.3 Å². The number of nitrogens with two attached hydrogens (primary N) is 1. The average molecular weight is 291 g/mol. The van der Waals surface area contributed by atoms with Gasteiger partial charge in [0, 0.05) is 28.0 Å². The van der Waals surface area contributed by atoms with Crippen molar-refractivity contribution in [2.45, 2.75) is 34.1 Å². The summed E-state index contributed by atoms with van der Waals surface area (Å²) >= 11 is 1.44. The molecule has 0 bridgehead atoms. The van der Waals surface area contributed by atoms with Crippen LogP contribution in [0.15, 0.2) is 6.07 Å². The molecule has 5 heteroatoms. The highest BCUT2D eigenvalue weighted by Gasteiger charge is 2.18. The molecule has 2 aromatic rings. The molecular formula is C15H21N3OS. The minimum Gasteiger partial charge on any atom is -0.397 e. The smallest absolute Gasteiger partial charge is 0.263 e. The van der Waals surface area contributed by atoms with E-state index in [9.17, 15) is 4.79 Å². The number of rotatable bonds is 4. The molecule has 0 saturated carbocycles. The summed E-state index contributed by atoms with van der Waals surface area (Å²) in [5.41, 5.74) is 8.52. The van der Waals surface area contributed by atoms with E-state index >= 15 is 0 Å². The number of nitrogens with one attached hydrogen (secondary N) is 1. The lowest BCUT2D eigenvalue weighted by Gasteiger charge is -2.09. The van der Waals surface area contributed by atoms with E-state index in [-0.39, 0.29) is 5.91 Å². The van der Waals surface area contributed by atoms with E-state index in [1.54, 1.807) is 0 Å². The minimum atomic E-state index is -0.0824. The second-order valence-corrected chi connectivity index (χ2v) is 6.34. The van der Waals surface area contributed by atoms with Crippen molar-refractivity contribution in [2.24, 2.45) is 5.92 Å².